The highest BCUT2D eigenvalue weighted by Gasteiger charge is 2.32. The Bertz CT molecular complexity index is 1280. The highest BCUT2D eigenvalue weighted by atomic mass is 32.2. The van der Waals surface area contributed by atoms with Crippen molar-refractivity contribution in [1.82, 2.24) is 19.2 Å². The molecular weight excluding hydrogens is 455 g/mol. The van der Waals surface area contributed by atoms with Gasteiger partial charge < -0.3 is 9.88 Å². The number of carbonyl (C=O) groups excluding carboxylic acids is 1. The number of nitrogens with one attached hydrogen (secondary N) is 1. The summed E-state index contributed by atoms with van der Waals surface area (Å²) in [6.45, 7) is 5.00. The van der Waals surface area contributed by atoms with Crippen LogP contribution in [0.15, 0.2) is 65.8 Å². The Morgan fingerprint density at radius 2 is 1.82 bits per heavy atom. The molecule has 0 radical (unpaired) electrons. The van der Waals surface area contributed by atoms with Gasteiger partial charge in [0.1, 0.15) is 17.7 Å². The van der Waals surface area contributed by atoms with Gasteiger partial charge in [-0.3, -0.25) is 4.79 Å². The van der Waals surface area contributed by atoms with Crippen molar-refractivity contribution in [2.45, 2.75) is 31.2 Å². The summed E-state index contributed by atoms with van der Waals surface area (Å²) in [6.07, 6.45) is 4.27. The number of hydrogen-bond donors (Lipinski definition) is 1. The molecule has 1 saturated heterocycles. The van der Waals surface area contributed by atoms with Gasteiger partial charge in [-0.15, -0.1) is 0 Å². The van der Waals surface area contributed by atoms with Gasteiger partial charge in [-0.25, -0.2) is 17.8 Å². The molecule has 0 spiro atoms. The lowest BCUT2D eigenvalue weighted by atomic mass is 9.94. The smallest absolute Gasteiger partial charge is 0.252 e. The number of aryl methyl sites for hydroxylation is 1. The molecule has 2 aromatic carbocycles. The lowest BCUT2D eigenvalue weighted by Crippen LogP contribution is -2.42. The van der Waals surface area contributed by atoms with E-state index in [9.17, 15) is 17.6 Å². The van der Waals surface area contributed by atoms with E-state index >= 15 is 0 Å². The first-order chi connectivity index (χ1) is 16.2. The Morgan fingerprint density at radius 3 is 2.47 bits per heavy atom. The summed E-state index contributed by atoms with van der Waals surface area (Å²) in [4.78, 5) is 17.6. The highest BCUT2D eigenvalue weighted by Crippen LogP contribution is 2.28. The number of piperidine rings is 1. The molecule has 1 amide bonds. The Morgan fingerprint density at radius 1 is 1.12 bits per heavy atom. The number of rotatable bonds is 6. The van der Waals surface area contributed by atoms with E-state index in [1.165, 1.54) is 22.5 Å². The first-order valence-electron chi connectivity index (χ1n) is 11.3. The van der Waals surface area contributed by atoms with Crippen LogP contribution in [0, 0.1) is 17.7 Å². The van der Waals surface area contributed by atoms with Crippen molar-refractivity contribution < 1.29 is 17.6 Å². The van der Waals surface area contributed by atoms with Gasteiger partial charge in [-0.05, 0) is 42.5 Å². The summed E-state index contributed by atoms with van der Waals surface area (Å²) in [7, 11) is -1.98. The van der Waals surface area contributed by atoms with Gasteiger partial charge >= 0.3 is 0 Å². The van der Waals surface area contributed by atoms with E-state index in [1.807, 2.05) is 13.8 Å². The maximum atomic E-state index is 14.6. The molecule has 1 N–H and O–H groups in total. The van der Waals surface area contributed by atoms with Crippen LogP contribution < -0.4 is 5.32 Å². The summed E-state index contributed by atoms with van der Waals surface area (Å²) in [5.41, 5.74) is 0.444. The van der Waals surface area contributed by atoms with Gasteiger partial charge in [-0.1, -0.05) is 38.1 Å². The van der Waals surface area contributed by atoms with Crippen LogP contribution in [0.5, 0.6) is 0 Å². The Kier molecular flexibility index (Phi) is 6.86. The molecule has 1 aliphatic rings. The molecule has 3 aromatic rings. The van der Waals surface area contributed by atoms with E-state index in [2.05, 4.69) is 10.3 Å². The van der Waals surface area contributed by atoms with Crippen LogP contribution >= 0.6 is 0 Å². The minimum Gasteiger partial charge on any atom is -0.338 e. The van der Waals surface area contributed by atoms with Crippen molar-refractivity contribution in [2.24, 2.45) is 18.9 Å². The van der Waals surface area contributed by atoms with Crippen molar-refractivity contribution in [3.63, 3.8) is 0 Å². The third kappa shape index (κ3) is 4.90. The summed E-state index contributed by atoms with van der Waals surface area (Å²) in [5.74, 6) is 0.00121. The second-order valence-corrected chi connectivity index (χ2v) is 11.1. The number of nitrogens with zero attached hydrogens (tertiary/aromatic N) is 3. The fourth-order valence-electron chi connectivity index (χ4n) is 4.61. The fraction of sp³-hybridized carbons (Fsp3) is 0.360. The number of carbonyl (C=O) groups is 1. The highest BCUT2D eigenvalue weighted by molar-refractivity contribution is 7.89. The van der Waals surface area contributed by atoms with Gasteiger partial charge in [0.15, 0.2) is 0 Å². The quantitative estimate of drug-likeness (QED) is 0.578. The average molecular weight is 485 g/mol. The van der Waals surface area contributed by atoms with Crippen LogP contribution in [-0.4, -0.2) is 41.3 Å². The lowest BCUT2D eigenvalue weighted by Gasteiger charge is -2.34. The van der Waals surface area contributed by atoms with Crippen molar-refractivity contribution in [2.75, 3.05) is 13.1 Å². The number of amides is 1. The molecule has 1 fully saturated rings. The molecule has 1 aliphatic heterocycles. The van der Waals surface area contributed by atoms with Gasteiger partial charge in [-0.2, -0.15) is 4.31 Å². The zero-order valence-electron chi connectivity index (χ0n) is 19.5. The molecule has 9 heteroatoms. The maximum Gasteiger partial charge on any atom is 0.252 e. The average Bonchev–Trinajstić information content (AvgIpc) is 3.23. The van der Waals surface area contributed by atoms with Crippen LogP contribution in [-0.2, 0) is 17.1 Å². The van der Waals surface area contributed by atoms with E-state index < -0.39 is 27.8 Å². The van der Waals surface area contributed by atoms with Gasteiger partial charge in [0, 0.05) is 43.7 Å². The summed E-state index contributed by atoms with van der Waals surface area (Å²) in [5, 5.41) is 2.84. The molecule has 2 heterocycles. The number of benzene rings is 2. The molecular formula is C25H29FN4O3S. The van der Waals surface area contributed by atoms with Gasteiger partial charge in [0.25, 0.3) is 5.91 Å². The number of halogens is 1. The van der Waals surface area contributed by atoms with E-state index in [0.717, 1.165) is 6.42 Å². The largest absolute Gasteiger partial charge is 0.338 e. The third-order valence-corrected chi connectivity index (χ3v) is 8.01. The van der Waals surface area contributed by atoms with Crippen LogP contribution in [0.3, 0.4) is 0 Å². The minimum absolute atomic E-state index is 0.0703. The maximum absolute atomic E-state index is 14.6. The predicted octanol–water partition coefficient (Wildman–Crippen LogP) is 3.75. The van der Waals surface area contributed by atoms with E-state index in [1.54, 1.807) is 54.3 Å². The van der Waals surface area contributed by atoms with Crippen LogP contribution in [0.1, 0.15) is 48.1 Å². The van der Waals surface area contributed by atoms with E-state index in [0.29, 0.717) is 18.9 Å². The molecule has 0 unspecified atom stereocenters. The standard InChI is InChI=1S/C25H29FN4O3S/c1-17-13-18(2)16-30(15-17)34(32,33)20-8-6-7-19(14-20)25(31)28-23(24-27-11-12-29(24)3)21-9-4-5-10-22(21)26/h4-12,14,17-18,23H,13,15-16H2,1-3H3,(H,28,31)/t17-,18+,23-/m1/s1. The molecule has 7 nitrogen and oxygen atoms in total. The molecule has 180 valence electrons. The second-order valence-electron chi connectivity index (χ2n) is 9.12. The van der Waals surface area contributed by atoms with E-state index in [-0.39, 0.29) is 27.9 Å². The molecule has 34 heavy (non-hydrogen) atoms. The van der Waals surface area contributed by atoms with Crippen molar-refractivity contribution in [1.29, 1.82) is 0 Å². The second kappa shape index (κ2) is 9.68. The molecule has 4 rings (SSSR count). The molecule has 1 aromatic heterocycles. The van der Waals surface area contributed by atoms with Crippen LogP contribution in [0.2, 0.25) is 0 Å². The Hall–Kier alpha value is -3.04. The Labute approximate surface area is 199 Å². The van der Waals surface area contributed by atoms with Gasteiger partial charge in [0.2, 0.25) is 10.0 Å². The molecule has 0 saturated carbocycles. The number of aromatic nitrogens is 2. The fourth-order valence-corrected chi connectivity index (χ4v) is 6.34. The Balaban J connectivity index is 1.64. The number of sulfonamides is 1. The first kappa shape index (κ1) is 24.1. The third-order valence-electron chi connectivity index (χ3n) is 6.18. The zero-order chi connectivity index (χ0) is 24.5. The topological polar surface area (TPSA) is 84.3 Å². The summed E-state index contributed by atoms with van der Waals surface area (Å²) < 4.78 is 44.4. The number of hydrogen-bond acceptors (Lipinski definition) is 4. The first-order valence-corrected chi connectivity index (χ1v) is 12.7. The van der Waals surface area contributed by atoms with Crippen molar-refractivity contribution in [3.05, 3.63) is 83.7 Å². The molecule has 0 aliphatic carbocycles. The van der Waals surface area contributed by atoms with Crippen LogP contribution in [0.4, 0.5) is 4.39 Å². The van der Waals surface area contributed by atoms with Crippen molar-refractivity contribution >= 4 is 15.9 Å². The summed E-state index contributed by atoms with van der Waals surface area (Å²) >= 11 is 0. The van der Waals surface area contributed by atoms with E-state index in [4.69, 9.17) is 0 Å². The zero-order valence-corrected chi connectivity index (χ0v) is 20.3. The molecule has 0 bridgehead atoms. The SMILES string of the molecule is C[C@@H]1C[C@H](C)CN(S(=O)(=O)c2cccc(C(=O)N[C@H](c3ccccc3F)c3nccn3C)c2)C1. The predicted molar refractivity (Wildman–Crippen MR) is 127 cm³/mol. The molecule has 3 atom stereocenters. The monoisotopic (exact) mass is 484 g/mol. The number of imidazole rings is 1. The van der Waals surface area contributed by atoms with Crippen molar-refractivity contribution in [3.8, 4) is 0 Å². The van der Waals surface area contributed by atoms with Crippen LogP contribution in [0.25, 0.3) is 0 Å². The minimum atomic E-state index is -3.74. The van der Waals surface area contributed by atoms with Gasteiger partial charge in [0.05, 0.1) is 4.90 Å². The summed E-state index contributed by atoms with van der Waals surface area (Å²) in [6, 6.07) is 11.3. The lowest BCUT2D eigenvalue weighted by molar-refractivity contribution is 0.0940. The normalized spacial score (nSPS) is 20.1.